The highest BCUT2D eigenvalue weighted by Gasteiger charge is 2.27. The molecule has 0 N–H and O–H groups in total. The molecule has 1 aromatic rings. The number of thiazole rings is 1. The van der Waals surface area contributed by atoms with Crippen molar-refractivity contribution in [3.63, 3.8) is 0 Å². The van der Waals surface area contributed by atoms with Crippen LogP contribution in [0.3, 0.4) is 0 Å². The molecule has 1 saturated heterocycles. The lowest BCUT2D eigenvalue weighted by Gasteiger charge is -2.37. The van der Waals surface area contributed by atoms with Gasteiger partial charge in [0.25, 0.3) is 0 Å². The molecule has 1 unspecified atom stereocenters. The van der Waals surface area contributed by atoms with Crippen molar-refractivity contribution in [3.05, 3.63) is 16.1 Å². The van der Waals surface area contributed by atoms with E-state index in [1.54, 1.807) is 0 Å². The highest BCUT2D eigenvalue weighted by molar-refractivity contribution is 7.09. The summed E-state index contributed by atoms with van der Waals surface area (Å²) < 4.78 is 0. The van der Waals surface area contributed by atoms with Gasteiger partial charge in [-0.15, -0.1) is 11.3 Å². The molecule has 0 amide bonds. The van der Waals surface area contributed by atoms with Gasteiger partial charge < -0.3 is 9.80 Å². The zero-order valence-corrected chi connectivity index (χ0v) is 11.5. The Morgan fingerprint density at radius 2 is 2.18 bits per heavy atom. The summed E-state index contributed by atoms with van der Waals surface area (Å²) in [5.41, 5.74) is 1.36. The summed E-state index contributed by atoms with van der Waals surface area (Å²) in [5.74, 6) is 0.798. The van der Waals surface area contributed by atoms with E-state index in [0.29, 0.717) is 6.04 Å². The smallest absolute Gasteiger partial charge is 0.0944 e. The van der Waals surface area contributed by atoms with E-state index in [9.17, 15) is 0 Å². The summed E-state index contributed by atoms with van der Waals surface area (Å²) in [7, 11) is 4.46. The van der Waals surface area contributed by atoms with Gasteiger partial charge in [0, 0.05) is 43.4 Å². The molecule has 3 nitrogen and oxygen atoms in total. The van der Waals surface area contributed by atoms with Crippen LogP contribution in [0.1, 0.15) is 29.5 Å². The van der Waals surface area contributed by atoms with Crippen LogP contribution in [0.5, 0.6) is 0 Å². The minimum Gasteiger partial charge on any atom is -0.304 e. The van der Waals surface area contributed by atoms with Crippen LogP contribution in [0, 0.1) is 0 Å². The van der Waals surface area contributed by atoms with Crippen LogP contribution in [0.4, 0.5) is 0 Å². The molecule has 94 valence electrons. The standard InChI is InChI=1S/C13H21N3S/c1-15-5-6-16(2)11(8-15)7-13-14-12(9-17-13)10-3-4-10/h9-11H,3-8H2,1-2H3. The number of nitrogens with zero attached hydrogens (tertiary/aromatic N) is 3. The van der Waals surface area contributed by atoms with Crippen LogP contribution < -0.4 is 0 Å². The molecule has 0 radical (unpaired) electrons. The quantitative estimate of drug-likeness (QED) is 0.817. The Kier molecular flexibility index (Phi) is 3.19. The molecule has 3 rings (SSSR count). The number of likely N-dealkylation sites (N-methyl/N-ethyl adjacent to an activating group) is 2. The molecule has 0 bridgehead atoms. The van der Waals surface area contributed by atoms with E-state index in [1.165, 1.54) is 43.2 Å². The Morgan fingerprint density at radius 1 is 1.35 bits per heavy atom. The average molecular weight is 251 g/mol. The maximum atomic E-state index is 4.80. The number of piperazine rings is 1. The number of rotatable bonds is 3. The lowest BCUT2D eigenvalue weighted by molar-refractivity contribution is 0.114. The van der Waals surface area contributed by atoms with Gasteiger partial charge in [-0.2, -0.15) is 0 Å². The third-order valence-corrected chi connectivity index (χ3v) is 4.84. The number of hydrogen-bond acceptors (Lipinski definition) is 4. The minimum atomic E-state index is 0.645. The fourth-order valence-corrected chi connectivity index (χ4v) is 3.46. The molecular formula is C13H21N3S. The summed E-state index contributed by atoms with van der Waals surface area (Å²) in [4.78, 5) is 9.71. The largest absolute Gasteiger partial charge is 0.304 e. The van der Waals surface area contributed by atoms with Gasteiger partial charge in [-0.05, 0) is 26.9 Å². The third-order valence-electron chi connectivity index (χ3n) is 3.96. The van der Waals surface area contributed by atoms with Crippen LogP contribution in [-0.4, -0.2) is 54.6 Å². The molecule has 1 aromatic heterocycles. The summed E-state index contributed by atoms with van der Waals surface area (Å²) >= 11 is 1.86. The summed E-state index contributed by atoms with van der Waals surface area (Å²) in [5, 5.41) is 3.61. The van der Waals surface area contributed by atoms with Crippen LogP contribution in [-0.2, 0) is 6.42 Å². The van der Waals surface area contributed by atoms with Gasteiger partial charge in [0.1, 0.15) is 0 Å². The SMILES string of the molecule is CN1CCN(C)C(Cc2nc(C3CC3)cs2)C1. The third kappa shape index (κ3) is 2.69. The highest BCUT2D eigenvalue weighted by Crippen LogP contribution is 2.40. The van der Waals surface area contributed by atoms with E-state index in [2.05, 4.69) is 29.3 Å². The van der Waals surface area contributed by atoms with Gasteiger partial charge in [-0.25, -0.2) is 4.98 Å². The van der Waals surface area contributed by atoms with Gasteiger partial charge >= 0.3 is 0 Å². The summed E-state index contributed by atoms with van der Waals surface area (Å²) in [6.07, 6.45) is 3.84. The lowest BCUT2D eigenvalue weighted by Crippen LogP contribution is -2.50. The molecule has 1 saturated carbocycles. The van der Waals surface area contributed by atoms with Gasteiger partial charge in [0.05, 0.1) is 10.7 Å². The predicted molar refractivity (Wildman–Crippen MR) is 71.7 cm³/mol. The molecule has 2 fully saturated rings. The average Bonchev–Trinajstić information content (AvgIpc) is 3.05. The molecule has 1 aliphatic heterocycles. The normalized spacial score (nSPS) is 27.5. The van der Waals surface area contributed by atoms with E-state index in [-0.39, 0.29) is 0 Å². The maximum absolute atomic E-state index is 4.80. The molecule has 0 spiro atoms. The first kappa shape index (κ1) is 11.6. The lowest BCUT2D eigenvalue weighted by atomic mass is 10.1. The van der Waals surface area contributed by atoms with E-state index >= 15 is 0 Å². The topological polar surface area (TPSA) is 19.4 Å². The first-order valence-electron chi connectivity index (χ1n) is 6.55. The van der Waals surface area contributed by atoms with Crippen LogP contribution in [0.2, 0.25) is 0 Å². The summed E-state index contributed by atoms with van der Waals surface area (Å²) in [6, 6.07) is 0.645. The van der Waals surface area contributed by atoms with Gasteiger partial charge in [0.2, 0.25) is 0 Å². The second-order valence-corrected chi connectivity index (χ2v) is 6.48. The van der Waals surface area contributed by atoms with Gasteiger partial charge in [-0.3, -0.25) is 0 Å². The summed E-state index contributed by atoms with van der Waals surface area (Å²) in [6.45, 7) is 3.55. The Hall–Kier alpha value is -0.450. The molecule has 0 aromatic carbocycles. The van der Waals surface area contributed by atoms with Crippen molar-refractivity contribution >= 4 is 11.3 Å². The molecular weight excluding hydrogens is 230 g/mol. The van der Waals surface area contributed by atoms with Gasteiger partial charge in [-0.1, -0.05) is 0 Å². The second-order valence-electron chi connectivity index (χ2n) is 5.54. The Bertz CT molecular complexity index is 386. The molecule has 2 aliphatic rings. The van der Waals surface area contributed by atoms with Crippen molar-refractivity contribution in [2.45, 2.75) is 31.2 Å². The van der Waals surface area contributed by atoms with Crippen molar-refractivity contribution in [1.82, 2.24) is 14.8 Å². The molecule has 1 atom stereocenters. The van der Waals surface area contributed by atoms with Crippen molar-refractivity contribution in [2.75, 3.05) is 33.7 Å². The fraction of sp³-hybridized carbons (Fsp3) is 0.769. The van der Waals surface area contributed by atoms with Crippen molar-refractivity contribution in [2.24, 2.45) is 0 Å². The van der Waals surface area contributed by atoms with Crippen LogP contribution >= 0.6 is 11.3 Å². The van der Waals surface area contributed by atoms with E-state index < -0.39 is 0 Å². The monoisotopic (exact) mass is 251 g/mol. The van der Waals surface area contributed by atoms with Gasteiger partial charge in [0.15, 0.2) is 0 Å². The fourth-order valence-electron chi connectivity index (χ4n) is 2.51. The van der Waals surface area contributed by atoms with E-state index in [0.717, 1.165) is 12.3 Å². The van der Waals surface area contributed by atoms with Crippen molar-refractivity contribution in [1.29, 1.82) is 0 Å². The van der Waals surface area contributed by atoms with E-state index in [1.807, 2.05) is 11.3 Å². The first-order chi connectivity index (χ1) is 8.22. The van der Waals surface area contributed by atoms with Crippen LogP contribution in [0.15, 0.2) is 5.38 Å². The molecule has 2 heterocycles. The zero-order chi connectivity index (χ0) is 11.8. The minimum absolute atomic E-state index is 0.645. The molecule has 1 aliphatic carbocycles. The van der Waals surface area contributed by atoms with Crippen molar-refractivity contribution < 1.29 is 0 Å². The second kappa shape index (κ2) is 4.67. The maximum Gasteiger partial charge on any atom is 0.0944 e. The highest BCUT2D eigenvalue weighted by atomic mass is 32.1. The molecule has 4 heteroatoms. The number of hydrogen-bond donors (Lipinski definition) is 0. The Morgan fingerprint density at radius 3 is 2.94 bits per heavy atom. The van der Waals surface area contributed by atoms with Crippen molar-refractivity contribution in [3.8, 4) is 0 Å². The number of aromatic nitrogens is 1. The zero-order valence-electron chi connectivity index (χ0n) is 10.7. The predicted octanol–water partition coefficient (Wildman–Crippen LogP) is 1.81. The van der Waals surface area contributed by atoms with E-state index in [4.69, 9.17) is 4.98 Å². The first-order valence-corrected chi connectivity index (χ1v) is 7.43. The van der Waals surface area contributed by atoms with Crippen LogP contribution in [0.25, 0.3) is 0 Å². The Labute approximate surface area is 107 Å². The molecule has 17 heavy (non-hydrogen) atoms. The Balaban J connectivity index is 1.63.